The van der Waals surface area contributed by atoms with Gasteiger partial charge < -0.3 is 5.32 Å². The Morgan fingerprint density at radius 2 is 1.88 bits per heavy atom. The van der Waals surface area contributed by atoms with Gasteiger partial charge in [0.2, 0.25) is 0 Å². The SMILES string of the molecule is O=C(Nc1cnc(-n2nccn2)c(Cl)c1)c1cc(F)c(Br)cc1Cl. The van der Waals surface area contributed by atoms with Crippen molar-refractivity contribution in [2.75, 3.05) is 5.32 Å². The number of hydrogen-bond acceptors (Lipinski definition) is 4. The van der Waals surface area contributed by atoms with Gasteiger partial charge in [-0.25, -0.2) is 9.37 Å². The van der Waals surface area contributed by atoms with Crippen molar-refractivity contribution in [1.82, 2.24) is 20.0 Å². The molecular formula is C14H7BrCl2FN5O. The van der Waals surface area contributed by atoms with E-state index in [4.69, 9.17) is 23.2 Å². The Balaban J connectivity index is 1.85. The summed E-state index contributed by atoms with van der Waals surface area (Å²) in [6.07, 6.45) is 4.35. The van der Waals surface area contributed by atoms with E-state index in [0.717, 1.165) is 6.07 Å². The van der Waals surface area contributed by atoms with Gasteiger partial charge in [-0.15, -0.1) is 4.80 Å². The molecule has 0 aliphatic heterocycles. The third-order valence-electron chi connectivity index (χ3n) is 2.94. The maximum atomic E-state index is 13.6. The van der Waals surface area contributed by atoms with E-state index in [2.05, 4.69) is 36.4 Å². The van der Waals surface area contributed by atoms with Crippen LogP contribution in [0, 0.1) is 5.82 Å². The molecule has 0 spiro atoms. The van der Waals surface area contributed by atoms with Gasteiger partial charge in [-0.1, -0.05) is 23.2 Å². The molecule has 2 aromatic heterocycles. The average molecular weight is 431 g/mol. The van der Waals surface area contributed by atoms with Crippen LogP contribution in [0.1, 0.15) is 10.4 Å². The number of carbonyl (C=O) groups excluding carboxylic acids is 1. The molecule has 0 atom stereocenters. The van der Waals surface area contributed by atoms with Crippen LogP contribution < -0.4 is 5.32 Å². The van der Waals surface area contributed by atoms with Crippen molar-refractivity contribution in [3.8, 4) is 5.82 Å². The lowest BCUT2D eigenvalue weighted by molar-refractivity contribution is 0.102. The summed E-state index contributed by atoms with van der Waals surface area (Å²) >= 11 is 15.1. The minimum absolute atomic E-state index is 0.00805. The van der Waals surface area contributed by atoms with Crippen LogP contribution in [0.15, 0.2) is 41.3 Å². The van der Waals surface area contributed by atoms with E-state index in [1.807, 2.05) is 0 Å². The number of halogens is 4. The zero-order chi connectivity index (χ0) is 17.3. The molecule has 6 nitrogen and oxygen atoms in total. The Hall–Kier alpha value is -2.03. The third-order valence-corrected chi connectivity index (χ3v) is 4.14. The minimum atomic E-state index is -0.596. The van der Waals surface area contributed by atoms with Crippen LogP contribution in [-0.4, -0.2) is 25.9 Å². The van der Waals surface area contributed by atoms with Crippen molar-refractivity contribution in [1.29, 1.82) is 0 Å². The van der Waals surface area contributed by atoms with E-state index in [1.165, 1.54) is 35.5 Å². The molecular weight excluding hydrogens is 424 g/mol. The number of nitrogens with one attached hydrogen (secondary N) is 1. The van der Waals surface area contributed by atoms with Gasteiger partial charge in [-0.2, -0.15) is 10.2 Å². The average Bonchev–Trinajstić information content (AvgIpc) is 3.05. The van der Waals surface area contributed by atoms with Gasteiger partial charge >= 0.3 is 0 Å². The number of benzene rings is 1. The van der Waals surface area contributed by atoms with Crippen LogP contribution in [-0.2, 0) is 0 Å². The molecule has 2 heterocycles. The van der Waals surface area contributed by atoms with Gasteiger partial charge in [0.15, 0.2) is 5.82 Å². The van der Waals surface area contributed by atoms with E-state index in [9.17, 15) is 9.18 Å². The summed E-state index contributed by atoms with van der Waals surface area (Å²) in [6.45, 7) is 0. The van der Waals surface area contributed by atoms with E-state index in [-0.39, 0.29) is 20.1 Å². The van der Waals surface area contributed by atoms with E-state index in [0.29, 0.717) is 11.5 Å². The molecule has 1 amide bonds. The van der Waals surface area contributed by atoms with Crippen LogP contribution >= 0.6 is 39.1 Å². The first-order chi connectivity index (χ1) is 11.5. The molecule has 1 N–H and O–H groups in total. The van der Waals surface area contributed by atoms with Gasteiger partial charge in [0.25, 0.3) is 5.91 Å². The summed E-state index contributed by atoms with van der Waals surface area (Å²) in [5, 5.41) is 10.7. The maximum absolute atomic E-state index is 13.6. The zero-order valence-corrected chi connectivity index (χ0v) is 14.8. The number of pyridine rings is 1. The Morgan fingerprint density at radius 1 is 1.17 bits per heavy atom. The summed E-state index contributed by atoms with van der Waals surface area (Å²) in [5.74, 6) is -0.873. The van der Waals surface area contributed by atoms with Gasteiger partial charge in [-0.3, -0.25) is 4.79 Å². The summed E-state index contributed by atoms with van der Waals surface area (Å²) < 4.78 is 13.8. The highest BCUT2D eigenvalue weighted by molar-refractivity contribution is 9.10. The number of amides is 1. The monoisotopic (exact) mass is 429 g/mol. The second kappa shape index (κ2) is 6.84. The van der Waals surface area contributed by atoms with Gasteiger partial charge in [0.1, 0.15) is 5.82 Å². The highest BCUT2D eigenvalue weighted by atomic mass is 79.9. The van der Waals surface area contributed by atoms with Crippen molar-refractivity contribution in [2.45, 2.75) is 0 Å². The van der Waals surface area contributed by atoms with Crippen molar-refractivity contribution in [2.24, 2.45) is 0 Å². The minimum Gasteiger partial charge on any atom is -0.320 e. The number of anilines is 1. The Kier molecular flexibility index (Phi) is 4.79. The number of carbonyl (C=O) groups is 1. The second-order valence-corrected chi connectivity index (χ2v) is 6.22. The fraction of sp³-hybridized carbons (Fsp3) is 0. The van der Waals surface area contributed by atoms with Crippen LogP contribution in [0.25, 0.3) is 5.82 Å². The summed E-state index contributed by atoms with van der Waals surface area (Å²) in [4.78, 5) is 17.6. The Bertz CT molecular complexity index is 920. The smallest absolute Gasteiger partial charge is 0.257 e. The number of rotatable bonds is 3. The van der Waals surface area contributed by atoms with Crippen LogP contribution in [0.5, 0.6) is 0 Å². The summed E-state index contributed by atoms with van der Waals surface area (Å²) in [5.41, 5.74) is 0.312. The lowest BCUT2D eigenvalue weighted by Gasteiger charge is -2.09. The molecule has 122 valence electrons. The predicted molar refractivity (Wildman–Crippen MR) is 91.2 cm³/mol. The molecule has 0 bridgehead atoms. The van der Waals surface area contributed by atoms with Gasteiger partial charge in [0.05, 0.1) is 44.4 Å². The Morgan fingerprint density at radius 3 is 2.54 bits per heavy atom. The highest BCUT2D eigenvalue weighted by Gasteiger charge is 2.15. The fourth-order valence-corrected chi connectivity index (χ4v) is 2.83. The number of aromatic nitrogens is 4. The third kappa shape index (κ3) is 3.40. The Labute approximate surface area is 153 Å². The van der Waals surface area contributed by atoms with Crippen LogP contribution in [0.2, 0.25) is 10.0 Å². The molecule has 0 aliphatic carbocycles. The predicted octanol–water partition coefficient (Wildman–Crippen LogP) is 4.12. The first-order valence-electron chi connectivity index (χ1n) is 6.44. The first-order valence-corrected chi connectivity index (χ1v) is 7.98. The fourth-order valence-electron chi connectivity index (χ4n) is 1.87. The molecule has 3 rings (SSSR count). The van der Waals surface area contributed by atoms with Gasteiger partial charge in [0, 0.05) is 0 Å². The lowest BCUT2D eigenvalue weighted by atomic mass is 10.2. The van der Waals surface area contributed by atoms with Crippen LogP contribution in [0.4, 0.5) is 10.1 Å². The van der Waals surface area contributed by atoms with E-state index < -0.39 is 11.7 Å². The van der Waals surface area contributed by atoms with Crippen molar-refractivity contribution >= 4 is 50.7 Å². The standard InChI is InChI=1S/C14H7BrCl2FN5O/c15-9-5-10(16)8(4-12(9)18)14(24)22-7-3-11(17)13(19-6-7)23-20-1-2-21-23/h1-6H,(H,22,24). The quantitative estimate of drug-likeness (QED) is 0.634. The van der Waals surface area contributed by atoms with Crippen molar-refractivity contribution in [3.63, 3.8) is 0 Å². The molecule has 0 saturated carbocycles. The largest absolute Gasteiger partial charge is 0.320 e. The van der Waals surface area contributed by atoms with E-state index in [1.54, 1.807) is 0 Å². The normalized spacial score (nSPS) is 10.7. The summed E-state index contributed by atoms with van der Waals surface area (Å²) in [7, 11) is 0. The topological polar surface area (TPSA) is 72.7 Å². The summed E-state index contributed by atoms with van der Waals surface area (Å²) in [6, 6.07) is 3.83. The second-order valence-electron chi connectivity index (χ2n) is 4.55. The van der Waals surface area contributed by atoms with E-state index >= 15 is 0 Å². The molecule has 24 heavy (non-hydrogen) atoms. The van der Waals surface area contributed by atoms with Crippen molar-refractivity contribution in [3.05, 3.63) is 62.7 Å². The lowest BCUT2D eigenvalue weighted by Crippen LogP contribution is -2.13. The van der Waals surface area contributed by atoms with Gasteiger partial charge in [-0.05, 0) is 34.1 Å². The molecule has 1 aromatic carbocycles. The van der Waals surface area contributed by atoms with Crippen LogP contribution in [0.3, 0.4) is 0 Å². The molecule has 0 unspecified atom stereocenters. The number of nitrogens with zero attached hydrogens (tertiary/aromatic N) is 4. The maximum Gasteiger partial charge on any atom is 0.257 e. The zero-order valence-electron chi connectivity index (χ0n) is 11.7. The molecule has 0 radical (unpaired) electrons. The molecule has 10 heteroatoms. The molecule has 0 aliphatic rings. The first kappa shape index (κ1) is 16.8. The number of hydrogen-bond donors (Lipinski definition) is 1. The molecule has 0 saturated heterocycles. The highest BCUT2D eigenvalue weighted by Crippen LogP contribution is 2.26. The molecule has 0 fully saturated rings. The van der Waals surface area contributed by atoms with Crippen molar-refractivity contribution < 1.29 is 9.18 Å². The molecule has 3 aromatic rings.